The predicted octanol–water partition coefficient (Wildman–Crippen LogP) is 2.16. The van der Waals surface area contributed by atoms with E-state index >= 15 is 0 Å². The van der Waals surface area contributed by atoms with Crippen molar-refractivity contribution in [3.05, 3.63) is 29.7 Å². The normalized spacial score (nSPS) is 16.9. The minimum absolute atomic E-state index is 0.124. The molecule has 8 heteroatoms. The first-order valence-electron chi connectivity index (χ1n) is 7.18. The van der Waals surface area contributed by atoms with Gasteiger partial charge in [-0.1, -0.05) is 0 Å². The SMILES string of the molecule is O=C(O)CC1(NC(=O)c2csc(-c3ccoc3)n2)CCOCC1. The van der Waals surface area contributed by atoms with Crippen LogP contribution in [0.25, 0.3) is 10.6 Å². The Bertz CT molecular complexity index is 689. The van der Waals surface area contributed by atoms with Gasteiger partial charge < -0.3 is 19.6 Å². The number of amides is 1. The van der Waals surface area contributed by atoms with Gasteiger partial charge in [-0.05, 0) is 18.9 Å². The molecule has 1 fully saturated rings. The number of carboxylic acids is 1. The minimum Gasteiger partial charge on any atom is -0.481 e. The van der Waals surface area contributed by atoms with E-state index in [2.05, 4.69) is 10.3 Å². The van der Waals surface area contributed by atoms with E-state index in [-0.39, 0.29) is 18.0 Å². The summed E-state index contributed by atoms with van der Waals surface area (Å²) in [6.07, 6.45) is 3.93. The molecular weight excluding hydrogens is 320 g/mol. The van der Waals surface area contributed by atoms with Crippen LogP contribution in [0.15, 0.2) is 28.4 Å². The molecule has 2 aromatic heterocycles. The van der Waals surface area contributed by atoms with Gasteiger partial charge >= 0.3 is 5.97 Å². The molecule has 1 amide bonds. The number of carbonyl (C=O) groups excluding carboxylic acids is 1. The third kappa shape index (κ3) is 3.59. The Kier molecular flexibility index (Phi) is 4.44. The molecule has 7 nitrogen and oxygen atoms in total. The number of furan rings is 1. The lowest BCUT2D eigenvalue weighted by molar-refractivity contribution is -0.139. The summed E-state index contributed by atoms with van der Waals surface area (Å²) in [5.74, 6) is -1.30. The summed E-state index contributed by atoms with van der Waals surface area (Å²) in [5.41, 5.74) is 0.309. The summed E-state index contributed by atoms with van der Waals surface area (Å²) in [5, 5.41) is 14.3. The molecule has 0 aliphatic carbocycles. The first-order chi connectivity index (χ1) is 11.1. The molecule has 1 aliphatic rings. The molecule has 0 spiro atoms. The molecule has 0 atom stereocenters. The van der Waals surface area contributed by atoms with Crippen molar-refractivity contribution in [2.45, 2.75) is 24.8 Å². The Morgan fingerprint density at radius 1 is 1.39 bits per heavy atom. The fraction of sp³-hybridized carbons (Fsp3) is 0.400. The number of nitrogens with zero attached hydrogens (tertiary/aromatic N) is 1. The predicted molar refractivity (Wildman–Crippen MR) is 82.3 cm³/mol. The average Bonchev–Trinajstić information content (AvgIpc) is 3.18. The number of nitrogens with one attached hydrogen (secondary N) is 1. The molecule has 3 rings (SSSR count). The van der Waals surface area contributed by atoms with Crippen LogP contribution in [-0.4, -0.2) is 40.7 Å². The number of aliphatic carboxylic acids is 1. The lowest BCUT2D eigenvalue weighted by atomic mass is 9.86. The van der Waals surface area contributed by atoms with Crippen LogP contribution in [0.2, 0.25) is 0 Å². The van der Waals surface area contributed by atoms with Crippen molar-refractivity contribution in [3.8, 4) is 10.6 Å². The van der Waals surface area contributed by atoms with E-state index in [1.165, 1.54) is 11.3 Å². The Hall–Kier alpha value is -2.19. The molecule has 0 unspecified atom stereocenters. The topological polar surface area (TPSA) is 102 Å². The van der Waals surface area contributed by atoms with Crippen molar-refractivity contribution in [2.75, 3.05) is 13.2 Å². The van der Waals surface area contributed by atoms with Crippen LogP contribution in [0.1, 0.15) is 29.8 Å². The summed E-state index contributed by atoms with van der Waals surface area (Å²) in [4.78, 5) is 27.9. The smallest absolute Gasteiger partial charge is 0.305 e. The van der Waals surface area contributed by atoms with Gasteiger partial charge in [0.2, 0.25) is 0 Å². The van der Waals surface area contributed by atoms with E-state index in [1.807, 2.05) is 0 Å². The summed E-state index contributed by atoms with van der Waals surface area (Å²) in [6.45, 7) is 0.871. The van der Waals surface area contributed by atoms with Crippen LogP contribution in [0.4, 0.5) is 0 Å². The number of hydrogen-bond acceptors (Lipinski definition) is 6. The van der Waals surface area contributed by atoms with Gasteiger partial charge in [-0.25, -0.2) is 4.98 Å². The summed E-state index contributed by atoms with van der Waals surface area (Å²) in [6, 6.07) is 1.77. The highest BCUT2D eigenvalue weighted by Gasteiger charge is 2.37. The van der Waals surface area contributed by atoms with Gasteiger partial charge in [-0.3, -0.25) is 9.59 Å². The Labute approximate surface area is 136 Å². The lowest BCUT2D eigenvalue weighted by Crippen LogP contribution is -2.53. The molecule has 3 heterocycles. The highest BCUT2D eigenvalue weighted by Crippen LogP contribution is 2.27. The molecule has 23 heavy (non-hydrogen) atoms. The highest BCUT2D eigenvalue weighted by atomic mass is 32.1. The van der Waals surface area contributed by atoms with Crippen molar-refractivity contribution in [1.82, 2.24) is 10.3 Å². The van der Waals surface area contributed by atoms with Gasteiger partial charge in [-0.2, -0.15) is 0 Å². The zero-order chi connectivity index (χ0) is 16.3. The van der Waals surface area contributed by atoms with Gasteiger partial charge in [-0.15, -0.1) is 11.3 Å². The number of carbonyl (C=O) groups is 2. The Morgan fingerprint density at radius 3 is 2.83 bits per heavy atom. The third-order valence-electron chi connectivity index (χ3n) is 3.82. The molecule has 0 saturated carbocycles. The van der Waals surface area contributed by atoms with E-state index in [0.717, 1.165) is 5.56 Å². The van der Waals surface area contributed by atoms with Gasteiger partial charge in [0.15, 0.2) is 0 Å². The minimum atomic E-state index is -0.940. The van der Waals surface area contributed by atoms with Gasteiger partial charge in [0.1, 0.15) is 17.0 Å². The van der Waals surface area contributed by atoms with E-state index < -0.39 is 11.5 Å². The number of aromatic nitrogens is 1. The first kappa shape index (κ1) is 15.7. The van der Waals surface area contributed by atoms with E-state index in [9.17, 15) is 9.59 Å². The third-order valence-corrected chi connectivity index (χ3v) is 4.71. The molecule has 0 bridgehead atoms. The molecule has 122 valence electrons. The Morgan fingerprint density at radius 2 is 2.17 bits per heavy atom. The zero-order valence-corrected chi connectivity index (χ0v) is 13.1. The van der Waals surface area contributed by atoms with E-state index in [1.54, 1.807) is 24.0 Å². The monoisotopic (exact) mass is 336 g/mol. The van der Waals surface area contributed by atoms with Crippen molar-refractivity contribution < 1.29 is 23.8 Å². The number of rotatable bonds is 5. The van der Waals surface area contributed by atoms with E-state index in [4.69, 9.17) is 14.3 Å². The summed E-state index contributed by atoms with van der Waals surface area (Å²) < 4.78 is 10.3. The fourth-order valence-corrected chi connectivity index (χ4v) is 3.39. The van der Waals surface area contributed by atoms with Crippen LogP contribution >= 0.6 is 11.3 Å². The van der Waals surface area contributed by atoms with Crippen LogP contribution in [-0.2, 0) is 9.53 Å². The number of ether oxygens (including phenoxy) is 1. The lowest BCUT2D eigenvalue weighted by Gasteiger charge is -2.36. The maximum atomic E-state index is 12.5. The van der Waals surface area contributed by atoms with Crippen LogP contribution in [0.3, 0.4) is 0 Å². The van der Waals surface area contributed by atoms with Gasteiger partial charge in [0.05, 0.1) is 18.2 Å². The Balaban J connectivity index is 1.75. The maximum Gasteiger partial charge on any atom is 0.305 e. The van der Waals surface area contributed by atoms with Crippen LogP contribution in [0, 0.1) is 0 Å². The quantitative estimate of drug-likeness (QED) is 0.867. The van der Waals surface area contributed by atoms with Crippen molar-refractivity contribution in [2.24, 2.45) is 0 Å². The molecule has 0 aromatic carbocycles. The molecule has 1 saturated heterocycles. The molecule has 1 aliphatic heterocycles. The number of hydrogen-bond donors (Lipinski definition) is 2. The van der Waals surface area contributed by atoms with Gasteiger partial charge in [0, 0.05) is 24.2 Å². The number of thiazole rings is 1. The standard InChI is InChI=1S/C15H16N2O5S/c18-12(19)7-15(2-5-21-6-3-15)17-13(20)11-9-23-14(16-11)10-1-4-22-8-10/h1,4,8-9H,2-3,5-7H2,(H,17,20)(H,18,19). The van der Waals surface area contributed by atoms with Crippen molar-refractivity contribution in [1.29, 1.82) is 0 Å². The summed E-state index contributed by atoms with van der Waals surface area (Å²) in [7, 11) is 0. The second-order valence-corrected chi connectivity index (χ2v) is 6.33. The molecule has 2 N–H and O–H groups in total. The second kappa shape index (κ2) is 6.51. The van der Waals surface area contributed by atoms with E-state index in [0.29, 0.717) is 31.1 Å². The highest BCUT2D eigenvalue weighted by molar-refractivity contribution is 7.13. The van der Waals surface area contributed by atoms with Gasteiger partial charge in [0.25, 0.3) is 5.91 Å². The molecular formula is C15H16N2O5S. The average molecular weight is 336 g/mol. The van der Waals surface area contributed by atoms with Crippen molar-refractivity contribution in [3.63, 3.8) is 0 Å². The van der Waals surface area contributed by atoms with Crippen LogP contribution in [0.5, 0.6) is 0 Å². The molecule has 0 radical (unpaired) electrons. The second-order valence-electron chi connectivity index (χ2n) is 5.47. The summed E-state index contributed by atoms with van der Waals surface area (Å²) >= 11 is 1.34. The molecule has 2 aromatic rings. The largest absolute Gasteiger partial charge is 0.481 e. The van der Waals surface area contributed by atoms with Crippen molar-refractivity contribution >= 4 is 23.2 Å². The fourth-order valence-electron chi connectivity index (χ4n) is 2.60. The maximum absolute atomic E-state index is 12.5. The zero-order valence-electron chi connectivity index (χ0n) is 12.3. The number of carboxylic acid groups (broad SMARTS) is 1. The first-order valence-corrected chi connectivity index (χ1v) is 8.06. The van der Waals surface area contributed by atoms with Crippen LogP contribution < -0.4 is 5.32 Å².